The van der Waals surface area contributed by atoms with E-state index in [1.54, 1.807) is 31.2 Å². The predicted molar refractivity (Wildman–Crippen MR) is 106 cm³/mol. The molecule has 1 N–H and O–H groups in total. The molecular formula is C19H36NO4P. The number of rotatable bonds is 9. The first kappa shape index (κ1) is 23.7. The quantitative estimate of drug-likeness (QED) is 0.457. The van der Waals surface area contributed by atoms with Crippen molar-refractivity contribution < 1.29 is 20.0 Å². The van der Waals surface area contributed by atoms with Crippen LogP contribution in [0, 0.1) is 5.92 Å². The van der Waals surface area contributed by atoms with Gasteiger partial charge in [0.05, 0.1) is 6.61 Å². The molecule has 6 heteroatoms. The number of benzene rings is 1. The average Bonchev–Trinajstić information content (AvgIpc) is 2.56. The van der Waals surface area contributed by atoms with Crippen LogP contribution in [-0.2, 0) is 14.1 Å². The normalized spacial score (nSPS) is 14.0. The molecule has 25 heavy (non-hydrogen) atoms. The molecular weight excluding hydrogens is 337 g/mol. The fourth-order valence-electron chi connectivity index (χ4n) is 1.96. The summed E-state index contributed by atoms with van der Waals surface area (Å²) in [4.78, 5) is 11.9. The largest absolute Gasteiger partial charge is 0.464 e. The molecule has 2 atom stereocenters. The standard InChI is InChI=1S/C16H26NO4P.C3H8.H2/c1-5-14(6-2)12-20-16(18)13(3)17-22(4,19)21-15-10-8-7-9-11-15;1-3-2;/h7-11,13-14H,5-6,12H2,1-4H3,(H,17,19);3H2,1-2H3;1H/t13-,22?;;/m0../s1. The Morgan fingerprint density at radius 1 is 1.16 bits per heavy atom. The van der Waals surface area contributed by atoms with Gasteiger partial charge in [0.1, 0.15) is 11.8 Å². The van der Waals surface area contributed by atoms with E-state index >= 15 is 0 Å². The highest BCUT2D eigenvalue weighted by Crippen LogP contribution is 2.39. The summed E-state index contributed by atoms with van der Waals surface area (Å²) in [5.74, 6) is 0.453. The molecule has 0 aliphatic rings. The summed E-state index contributed by atoms with van der Waals surface area (Å²) in [7, 11) is -3.14. The zero-order valence-electron chi connectivity index (χ0n) is 16.5. The van der Waals surface area contributed by atoms with Crippen LogP contribution in [0.25, 0.3) is 0 Å². The second-order valence-electron chi connectivity index (χ2n) is 6.12. The molecule has 1 aromatic rings. The first-order valence-electron chi connectivity index (χ1n) is 9.06. The third-order valence-electron chi connectivity index (χ3n) is 3.42. The van der Waals surface area contributed by atoms with Gasteiger partial charge in [-0.1, -0.05) is 65.2 Å². The molecule has 0 spiro atoms. The SMILES string of the molecule is CCC.CCC(CC)COC(=O)[C@H](C)NP(C)(=O)Oc1ccccc1.[HH]. The van der Waals surface area contributed by atoms with E-state index in [4.69, 9.17) is 9.26 Å². The smallest absolute Gasteiger partial charge is 0.323 e. The topological polar surface area (TPSA) is 64.6 Å². The number of para-hydroxylation sites is 1. The lowest BCUT2D eigenvalue weighted by Crippen LogP contribution is -2.35. The Hall–Kier alpha value is -1.32. The number of nitrogens with one attached hydrogen (secondary N) is 1. The maximum atomic E-state index is 12.4. The average molecular weight is 373 g/mol. The van der Waals surface area contributed by atoms with Crippen molar-refractivity contribution in [3.8, 4) is 5.75 Å². The lowest BCUT2D eigenvalue weighted by atomic mass is 10.1. The van der Waals surface area contributed by atoms with Crippen molar-refractivity contribution >= 4 is 13.5 Å². The van der Waals surface area contributed by atoms with Crippen LogP contribution >= 0.6 is 7.52 Å². The van der Waals surface area contributed by atoms with Gasteiger partial charge in [-0.15, -0.1) is 0 Å². The van der Waals surface area contributed by atoms with Crippen molar-refractivity contribution in [1.29, 1.82) is 0 Å². The molecule has 0 saturated carbocycles. The highest BCUT2D eigenvalue weighted by Gasteiger charge is 2.25. The van der Waals surface area contributed by atoms with Crippen molar-refractivity contribution in [2.24, 2.45) is 5.92 Å². The highest BCUT2D eigenvalue weighted by molar-refractivity contribution is 7.56. The summed E-state index contributed by atoms with van der Waals surface area (Å²) in [5.41, 5.74) is 0. The van der Waals surface area contributed by atoms with Crippen molar-refractivity contribution in [1.82, 2.24) is 5.09 Å². The Labute approximate surface area is 154 Å². The van der Waals surface area contributed by atoms with Crippen molar-refractivity contribution in [2.75, 3.05) is 13.3 Å². The monoisotopic (exact) mass is 373 g/mol. The van der Waals surface area contributed by atoms with Crippen LogP contribution in [0.15, 0.2) is 30.3 Å². The Kier molecular flexibility index (Phi) is 12.3. The Morgan fingerprint density at radius 2 is 1.68 bits per heavy atom. The molecule has 0 aliphatic carbocycles. The lowest BCUT2D eigenvalue weighted by molar-refractivity contribution is -0.146. The lowest BCUT2D eigenvalue weighted by Gasteiger charge is -2.21. The van der Waals surface area contributed by atoms with E-state index < -0.39 is 19.5 Å². The second kappa shape index (κ2) is 13.0. The molecule has 0 radical (unpaired) electrons. The number of esters is 1. The maximum absolute atomic E-state index is 12.4. The molecule has 0 aromatic heterocycles. The number of carbonyl (C=O) groups is 1. The molecule has 0 heterocycles. The van der Waals surface area contributed by atoms with E-state index in [9.17, 15) is 9.36 Å². The molecule has 146 valence electrons. The second-order valence-corrected chi connectivity index (χ2v) is 8.25. The molecule has 0 amide bonds. The summed E-state index contributed by atoms with van der Waals surface area (Å²) in [5, 5.41) is 2.72. The van der Waals surface area contributed by atoms with Crippen LogP contribution in [0.1, 0.15) is 55.3 Å². The summed E-state index contributed by atoms with van der Waals surface area (Å²) in [6.45, 7) is 11.9. The number of carbonyl (C=O) groups excluding carboxylic acids is 1. The van der Waals surface area contributed by atoms with E-state index in [0.29, 0.717) is 18.3 Å². The Morgan fingerprint density at radius 3 is 2.16 bits per heavy atom. The van der Waals surface area contributed by atoms with E-state index in [-0.39, 0.29) is 1.43 Å². The zero-order valence-corrected chi connectivity index (χ0v) is 17.3. The maximum Gasteiger partial charge on any atom is 0.323 e. The van der Waals surface area contributed by atoms with Gasteiger partial charge >= 0.3 is 13.5 Å². The van der Waals surface area contributed by atoms with Crippen LogP contribution in [0.3, 0.4) is 0 Å². The first-order valence-corrected chi connectivity index (χ1v) is 11.1. The highest BCUT2D eigenvalue weighted by atomic mass is 31.2. The van der Waals surface area contributed by atoms with Crippen molar-refractivity contribution in [3.05, 3.63) is 30.3 Å². The van der Waals surface area contributed by atoms with E-state index in [1.165, 1.54) is 13.1 Å². The van der Waals surface area contributed by atoms with Crippen LogP contribution in [0.4, 0.5) is 0 Å². The fourth-order valence-corrected chi connectivity index (χ4v) is 3.35. The van der Waals surface area contributed by atoms with Crippen molar-refractivity contribution in [3.63, 3.8) is 0 Å². The summed E-state index contributed by atoms with van der Waals surface area (Å²) in [6, 6.07) is 8.18. The predicted octanol–water partition coefficient (Wildman–Crippen LogP) is 5.51. The molecule has 1 rings (SSSR count). The fraction of sp³-hybridized carbons (Fsp3) is 0.632. The van der Waals surface area contributed by atoms with Gasteiger partial charge < -0.3 is 9.26 Å². The number of ether oxygens (including phenoxy) is 1. The molecule has 1 aromatic carbocycles. The van der Waals surface area contributed by atoms with Gasteiger partial charge in [0.2, 0.25) is 0 Å². The summed E-state index contributed by atoms with van der Waals surface area (Å²) >= 11 is 0. The van der Waals surface area contributed by atoms with E-state index in [0.717, 1.165) is 12.8 Å². The van der Waals surface area contributed by atoms with Gasteiger partial charge in [-0.2, -0.15) is 0 Å². The Bertz CT molecular complexity index is 524. The van der Waals surface area contributed by atoms with E-state index in [2.05, 4.69) is 32.8 Å². The third-order valence-corrected chi connectivity index (χ3v) is 4.84. The van der Waals surface area contributed by atoms with Crippen LogP contribution < -0.4 is 9.61 Å². The Balaban J connectivity index is 0. The van der Waals surface area contributed by atoms with Gasteiger partial charge in [-0.05, 0) is 25.0 Å². The summed E-state index contributed by atoms with van der Waals surface area (Å²) in [6.07, 6.45) is 3.18. The number of hydrogen-bond donors (Lipinski definition) is 1. The first-order chi connectivity index (χ1) is 11.8. The van der Waals surface area contributed by atoms with Gasteiger partial charge in [0, 0.05) is 8.09 Å². The molecule has 1 unspecified atom stereocenters. The molecule has 5 nitrogen and oxygen atoms in total. The number of hydrogen-bond acceptors (Lipinski definition) is 4. The van der Waals surface area contributed by atoms with Gasteiger partial charge in [-0.25, -0.2) is 5.09 Å². The molecule has 0 saturated heterocycles. The summed E-state index contributed by atoms with van der Waals surface area (Å²) < 4.78 is 23.1. The zero-order chi connectivity index (χ0) is 19.3. The van der Waals surface area contributed by atoms with Crippen LogP contribution in [-0.4, -0.2) is 25.3 Å². The minimum atomic E-state index is -3.14. The van der Waals surface area contributed by atoms with Gasteiger partial charge in [0.25, 0.3) is 0 Å². The van der Waals surface area contributed by atoms with E-state index in [1.807, 2.05) is 6.07 Å². The third kappa shape index (κ3) is 11.0. The minimum Gasteiger partial charge on any atom is -0.464 e. The van der Waals surface area contributed by atoms with Crippen molar-refractivity contribution in [2.45, 2.75) is 59.9 Å². The molecule has 0 aliphatic heterocycles. The van der Waals surface area contributed by atoms with Crippen LogP contribution in [0.5, 0.6) is 5.75 Å². The van der Waals surface area contributed by atoms with Crippen LogP contribution in [0.2, 0.25) is 0 Å². The molecule has 0 fully saturated rings. The van der Waals surface area contributed by atoms with Gasteiger partial charge in [-0.3, -0.25) is 9.36 Å². The van der Waals surface area contributed by atoms with Gasteiger partial charge in [0.15, 0.2) is 0 Å². The minimum absolute atomic E-state index is 0. The molecule has 0 bridgehead atoms.